The van der Waals surface area contributed by atoms with Crippen molar-refractivity contribution in [2.75, 3.05) is 16.8 Å². The van der Waals surface area contributed by atoms with E-state index in [1.54, 1.807) is 6.07 Å². The molecule has 0 aromatic heterocycles. The fourth-order valence-electron chi connectivity index (χ4n) is 6.81. The van der Waals surface area contributed by atoms with Crippen LogP contribution < -0.4 is 10.2 Å². The lowest BCUT2D eigenvalue weighted by atomic mass is 9.75. The molecule has 32 heavy (non-hydrogen) atoms. The minimum atomic E-state index is -1.20. The Morgan fingerprint density at radius 1 is 1.03 bits per heavy atom. The summed E-state index contributed by atoms with van der Waals surface area (Å²) in [5.41, 5.74) is 3.51. The van der Waals surface area contributed by atoms with Crippen LogP contribution in [0.5, 0.6) is 0 Å². The third-order valence-electron chi connectivity index (χ3n) is 7.93. The zero-order chi connectivity index (χ0) is 22.5. The number of hydrogen-bond donors (Lipinski definition) is 1. The minimum absolute atomic E-state index is 0.137. The highest BCUT2D eigenvalue weighted by Gasteiger charge is 2.74. The quantitative estimate of drug-likeness (QED) is 0.674. The number of halogens is 1. The van der Waals surface area contributed by atoms with Gasteiger partial charge in [-0.1, -0.05) is 29.8 Å². The summed E-state index contributed by atoms with van der Waals surface area (Å²) in [6, 6.07) is 9.23. The molecule has 3 saturated heterocycles. The number of carbonyl (C=O) groups is 3. The SMILES string of the molecule is Cc1cc(Cl)cc2c1NC(=O)[C@]21[C@@H]2C(=O)N(c3c(C)cccc3C)C(=O)[C@@H]2[C@@H]2CCCN21. The van der Waals surface area contributed by atoms with Gasteiger partial charge in [0.05, 0.1) is 17.5 Å². The van der Waals surface area contributed by atoms with E-state index in [-0.39, 0.29) is 23.8 Å². The number of fused-ring (bicyclic) bond motifs is 7. The van der Waals surface area contributed by atoms with Crippen LogP contribution in [0.1, 0.15) is 35.1 Å². The van der Waals surface area contributed by atoms with Crippen molar-refractivity contribution in [2.45, 2.75) is 45.2 Å². The Labute approximate surface area is 191 Å². The number of nitrogens with zero attached hydrogens (tertiary/aromatic N) is 2. The second-order valence-electron chi connectivity index (χ2n) is 9.52. The predicted molar refractivity (Wildman–Crippen MR) is 122 cm³/mol. The van der Waals surface area contributed by atoms with E-state index in [1.165, 1.54) is 4.90 Å². The van der Waals surface area contributed by atoms with Crippen molar-refractivity contribution in [2.24, 2.45) is 11.8 Å². The molecule has 6 nitrogen and oxygen atoms in total. The first-order valence-electron chi connectivity index (χ1n) is 11.1. The van der Waals surface area contributed by atoms with Gasteiger partial charge in [0, 0.05) is 22.3 Å². The van der Waals surface area contributed by atoms with Gasteiger partial charge in [-0.15, -0.1) is 0 Å². The summed E-state index contributed by atoms with van der Waals surface area (Å²) >= 11 is 6.44. The Bertz CT molecular complexity index is 1220. The van der Waals surface area contributed by atoms with Crippen LogP contribution >= 0.6 is 11.6 Å². The van der Waals surface area contributed by atoms with Crippen LogP contribution in [0.4, 0.5) is 11.4 Å². The highest BCUT2D eigenvalue weighted by Crippen LogP contribution is 2.61. The van der Waals surface area contributed by atoms with Crippen LogP contribution in [0.2, 0.25) is 5.02 Å². The largest absolute Gasteiger partial charge is 0.324 e. The average molecular weight is 450 g/mol. The van der Waals surface area contributed by atoms with Crippen LogP contribution in [0.25, 0.3) is 0 Å². The number of benzene rings is 2. The van der Waals surface area contributed by atoms with Crippen molar-refractivity contribution in [3.05, 3.63) is 57.6 Å². The average Bonchev–Trinajstić information content (AvgIpc) is 3.43. The summed E-state index contributed by atoms with van der Waals surface area (Å²) in [6.45, 7) is 6.41. The molecule has 3 fully saturated rings. The van der Waals surface area contributed by atoms with Crippen LogP contribution in [0.15, 0.2) is 30.3 Å². The Balaban J connectivity index is 1.60. The van der Waals surface area contributed by atoms with E-state index in [9.17, 15) is 14.4 Å². The van der Waals surface area contributed by atoms with Crippen molar-refractivity contribution in [3.63, 3.8) is 0 Å². The first-order chi connectivity index (χ1) is 15.3. The zero-order valence-electron chi connectivity index (χ0n) is 18.2. The predicted octanol–water partition coefficient (Wildman–Crippen LogP) is 3.70. The second-order valence-corrected chi connectivity index (χ2v) is 9.96. The second kappa shape index (κ2) is 6.42. The van der Waals surface area contributed by atoms with Gasteiger partial charge in [0.25, 0.3) is 0 Å². The molecule has 3 amide bonds. The van der Waals surface area contributed by atoms with E-state index >= 15 is 0 Å². The number of para-hydroxylation sites is 1. The number of amides is 3. The van der Waals surface area contributed by atoms with Crippen molar-refractivity contribution in [1.29, 1.82) is 0 Å². The maximum absolute atomic E-state index is 14.1. The molecule has 0 bridgehead atoms. The van der Waals surface area contributed by atoms with Crippen molar-refractivity contribution < 1.29 is 14.4 Å². The molecule has 0 unspecified atom stereocenters. The zero-order valence-corrected chi connectivity index (χ0v) is 19.0. The van der Waals surface area contributed by atoms with Gasteiger partial charge in [-0.05, 0) is 69.0 Å². The van der Waals surface area contributed by atoms with Crippen LogP contribution in [-0.4, -0.2) is 35.2 Å². The smallest absolute Gasteiger partial charge is 0.250 e. The molecule has 4 atom stereocenters. The van der Waals surface area contributed by atoms with Gasteiger partial charge in [0.15, 0.2) is 0 Å². The van der Waals surface area contributed by atoms with Gasteiger partial charge in [-0.2, -0.15) is 0 Å². The van der Waals surface area contributed by atoms with Crippen molar-refractivity contribution in [3.8, 4) is 0 Å². The van der Waals surface area contributed by atoms with E-state index in [2.05, 4.69) is 10.2 Å². The van der Waals surface area contributed by atoms with Crippen molar-refractivity contribution >= 4 is 40.7 Å². The Morgan fingerprint density at radius 3 is 2.47 bits per heavy atom. The summed E-state index contributed by atoms with van der Waals surface area (Å²) in [6.07, 6.45) is 1.69. The van der Waals surface area contributed by atoms with Crippen molar-refractivity contribution in [1.82, 2.24) is 4.90 Å². The van der Waals surface area contributed by atoms with Gasteiger partial charge >= 0.3 is 0 Å². The number of anilines is 2. The highest BCUT2D eigenvalue weighted by atomic mass is 35.5. The monoisotopic (exact) mass is 449 g/mol. The van der Waals surface area contributed by atoms with Gasteiger partial charge in [0.1, 0.15) is 5.54 Å². The lowest BCUT2D eigenvalue weighted by molar-refractivity contribution is -0.135. The molecule has 4 heterocycles. The Kier molecular flexibility index (Phi) is 4.00. The fourth-order valence-corrected chi connectivity index (χ4v) is 7.09. The van der Waals surface area contributed by atoms with E-state index in [0.717, 1.165) is 40.8 Å². The maximum Gasteiger partial charge on any atom is 0.250 e. The molecule has 2 aromatic carbocycles. The first kappa shape index (κ1) is 19.9. The molecule has 1 N–H and O–H groups in total. The van der Waals surface area contributed by atoms with Crippen LogP contribution in [0.3, 0.4) is 0 Å². The molecule has 4 aliphatic heterocycles. The van der Waals surface area contributed by atoms with Gasteiger partial charge in [-0.25, -0.2) is 4.90 Å². The number of rotatable bonds is 1. The third-order valence-corrected chi connectivity index (χ3v) is 8.14. The minimum Gasteiger partial charge on any atom is -0.324 e. The molecular formula is C25H24ClN3O3. The molecule has 4 aliphatic rings. The number of nitrogens with one attached hydrogen (secondary N) is 1. The fraction of sp³-hybridized carbons (Fsp3) is 0.400. The first-order valence-corrected chi connectivity index (χ1v) is 11.5. The van der Waals surface area contributed by atoms with E-state index in [0.29, 0.717) is 17.3 Å². The highest BCUT2D eigenvalue weighted by molar-refractivity contribution is 6.31. The summed E-state index contributed by atoms with van der Waals surface area (Å²) in [4.78, 5) is 45.2. The van der Waals surface area contributed by atoms with E-state index in [4.69, 9.17) is 11.6 Å². The Morgan fingerprint density at radius 2 is 1.75 bits per heavy atom. The molecule has 7 heteroatoms. The molecule has 2 aromatic rings. The maximum atomic E-state index is 14.1. The van der Waals surface area contributed by atoms with Gasteiger partial charge in [0.2, 0.25) is 17.7 Å². The topological polar surface area (TPSA) is 69.7 Å². The van der Waals surface area contributed by atoms with Crippen LogP contribution in [-0.2, 0) is 19.9 Å². The van der Waals surface area contributed by atoms with E-state index in [1.807, 2.05) is 45.0 Å². The molecule has 164 valence electrons. The molecule has 0 saturated carbocycles. The molecule has 0 aliphatic carbocycles. The molecular weight excluding hydrogens is 426 g/mol. The number of hydrogen-bond acceptors (Lipinski definition) is 4. The molecule has 6 rings (SSSR count). The standard InChI is InChI=1S/C25H24ClN3O3/c1-12-6-4-7-13(2)21(12)29-22(30)18-17-8-5-9-28(17)25(19(18)23(29)31)16-11-15(26)10-14(3)20(16)27-24(25)32/h4,6-7,10-11,17-19H,5,8-9H2,1-3H3,(H,27,32)/t17-,18+,19-,25+/m0/s1. The lowest BCUT2D eigenvalue weighted by Crippen LogP contribution is -2.54. The number of imide groups is 1. The molecule has 1 spiro atoms. The van der Waals surface area contributed by atoms with Crippen LogP contribution in [0, 0.1) is 32.6 Å². The number of aryl methyl sites for hydroxylation is 3. The third kappa shape index (κ3) is 2.17. The summed E-state index contributed by atoms with van der Waals surface area (Å²) in [5, 5.41) is 3.57. The lowest BCUT2D eigenvalue weighted by Gasteiger charge is -2.37. The molecule has 0 radical (unpaired) electrons. The summed E-state index contributed by atoms with van der Waals surface area (Å²) in [5.74, 6) is -2.00. The van der Waals surface area contributed by atoms with E-state index < -0.39 is 17.4 Å². The normalized spacial score (nSPS) is 30.8. The van der Waals surface area contributed by atoms with Gasteiger partial charge in [-0.3, -0.25) is 19.3 Å². The van der Waals surface area contributed by atoms with Gasteiger partial charge < -0.3 is 5.32 Å². The summed E-state index contributed by atoms with van der Waals surface area (Å²) < 4.78 is 0. The summed E-state index contributed by atoms with van der Waals surface area (Å²) in [7, 11) is 0. The Hall–Kier alpha value is -2.70. The number of carbonyl (C=O) groups excluding carboxylic acids is 3.